The van der Waals surface area contributed by atoms with Gasteiger partial charge in [0.1, 0.15) is 11.7 Å². The van der Waals surface area contributed by atoms with Gasteiger partial charge in [0.15, 0.2) is 0 Å². The van der Waals surface area contributed by atoms with Crippen LogP contribution in [-0.4, -0.2) is 18.4 Å². The molecule has 1 heterocycles. The lowest BCUT2D eigenvalue weighted by atomic mass is 9.87. The van der Waals surface area contributed by atoms with Gasteiger partial charge < -0.3 is 10.6 Å². The van der Waals surface area contributed by atoms with E-state index in [1.54, 1.807) is 12.1 Å². The van der Waals surface area contributed by atoms with Crippen molar-refractivity contribution < 1.29 is 14.0 Å². The van der Waals surface area contributed by atoms with Gasteiger partial charge in [-0.1, -0.05) is 36.4 Å². The average Bonchev–Trinajstić information content (AvgIpc) is 3.39. The minimum atomic E-state index is -0.855. The summed E-state index contributed by atoms with van der Waals surface area (Å²) >= 11 is 0. The summed E-state index contributed by atoms with van der Waals surface area (Å²) in [7, 11) is 0. The monoisotopic (exact) mass is 338 g/mol. The fourth-order valence-corrected chi connectivity index (χ4v) is 3.44. The molecule has 2 aliphatic rings. The van der Waals surface area contributed by atoms with Crippen molar-refractivity contribution in [3.05, 3.63) is 65.5 Å². The maximum atomic E-state index is 13.8. The number of hydrogen-bond donors (Lipinski definition) is 2. The smallest absolute Gasteiger partial charge is 0.237 e. The van der Waals surface area contributed by atoms with Crippen LogP contribution in [0.3, 0.4) is 0 Å². The molecule has 1 saturated heterocycles. The third-order valence-electron chi connectivity index (χ3n) is 5.01. The van der Waals surface area contributed by atoms with Crippen LogP contribution in [-0.2, 0) is 9.59 Å². The number of para-hydroxylation sites is 1. The van der Waals surface area contributed by atoms with Gasteiger partial charge in [-0.05, 0) is 42.0 Å². The molecule has 1 aliphatic heterocycles. The molecule has 5 heteroatoms. The third-order valence-corrected chi connectivity index (χ3v) is 5.01. The van der Waals surface area contributed by atoms with Crippen molar-refractivity contribution in [3.8, 4) is 0 Å². The highest BCUT2D eigenvalue weighted by Crippen LogP contribution is 2.40. The van der Waals surface area contributed by atoms with Crippen LogP contribution >= 0.6 is 0 Å². The average molecular weight is 338 g/mol. The number of rotatable bonds is 4. The van der Waals surface area contributed by atoms with Crippen LogP contribution < -0.4 is 10.6 Å². The van der Waals surface area contributed by atoms with Gasteiger partial charge in [-0.2, -0.15) is 0 Å². The van der Waals surface area contributed by atoms with Gasteiger partial charge >= 0.3 is 0 Å². The molecule has 0 aromatic heterocycles. The van der Waals surface area contributed by atoms with E-state index < -0.39 is 17.6 Å². The van der Waals surface area contributed by atoms with Crippen molar-refractivity contribution in [1.82, 2.24) is 5.32 Å². The molecule has 2 N–H and O–H groups in total. The summed E-state index contributed by atoms with van der Waals surface area (Å²) in [4.78, 5) is 24.8. The van der Waals surface area contributed by atoms with Crippen LogP contribution in [0, 0.1) is 11.7 Å². The summed E-state index contributed by atoms with van der Waals surface area (Å²) < 4.78 is 13.8. The SMILES string of the molecule is O=C1NC[C@H](c2ccc(C3CC3)cc2)[C@H]1C(=O)Nc1ccccc1F. The Morgan fingerprint density at radius 3 is 2.40 bits per heavy atom. The van der Waals surface area contributed by atoms with E-state index in [0.29, 0.717) is 12.5 Å². The summed E-state index contributed by atoms with van der Waals surface area (Å²) in [5, 5.41) is 5.30. The summed E-state index contributed by atoms with van der Waals surface area (Å²) in [6, 6.07) is 14.1. The van der Waals surface area contributed by atoms with Crippen LogP contribution in [0.2, 0.25) is 0 Å². The Morgan fingerprint density at radius 1 is 1.04 bits per heavy atom. The molecular weight excluding hydrogens is 319 g/mol. The molecule has 0 spiro atoms. The molecular formula is C20H19FN2O2. The zero-order valence-electron chi connectivity index (χ0n) is 13.7. The van der Waals surface area contributed by atoms with Crippen molar-refractivity contribution in [1.29, 1.82) is 0 Å². The van der Waals surface area contributed by atoms with Gasteiger partial charge in [0.05, 0.1) is 5.69 Å². The summed E-state index contributed by atoms with van der Waals surface area (Å²) in [6.07, 6.45) is 2.47. The Kier molecular flexibility index (Phi) is 3.99. The largest absolute Gasteiger partial charge is 0.355 e. The number of benzene rings is 2. The number of halogens is 1. The second-order valence-corrected chi connectivity index (χ2v) is 6.74. The molecule has 0 radical (unpaired) electrons. The fourth-order valence-electron chi connectivity index (χ4n) is 3.44. The van der Waals surface area contributed by atoms with E-state index in [2.05, 4.69) is 22.8 Å². The third kappa shape index (κ3) is 3.14. The van der Waals surface area contributed by atoms with Crippen LogP contribution in [0.5, 0.6) is 0 Å². The molecule has 2 aromatic carbocycles. The molecule has 4 nitrogen and oxygen atoms in total. The van der Waals surface area contributed by atoms with Crippen molar-refractivity contribution in [2.75, 3.05) is 11.9 Å². The van der Waals surface area contributed by atoms with E-state index >= 15 is 0 Å². The van der Waals surface area contributed by atoms with E-state index in [1.807, 2.05) is 12.1 Å². The Bertz CT molecular complexity index is 815. The molecule has 1 saturated carbocycles. The molecule has 2 aromatic rings. The molecule has 4 rings (SSSR count). The van der Waals surface area contributed by atoms with Gasteiger partial charge in [-0.25, -0.2) is 4.39 Å². The first-order valence-corrected chi connectivity index (χ1v) is 8.56. The highest BCUT2D eigenvalue weighted by atomic mass is 19.1. The van der Waals surface area contributed by atoms with E-state index in [0.717, 1.165) is 5.56 Å². The predicted octanol–water partition coefficient (Wildman–Crippen LogP) is 3.17. The van der Waals surface area contributed by atoms with Crippen molar-refractivity contribution >= 4 is 17.5 Å². The molecule has 0 bridgehead atoms. The number of amides is 2. The fraction of sp³-hybridized carbons (Fsp3) is 0.300. The Morgan fingerprint density at radius 2 is 1.72 bits per heavy atom. The summed E-state index contributed by atoms with van der Waals surface area (Å²) in [5.41, 5.74) is 2.36. The second kappa shape index (κ2) is 6.31. The van der Waals surface area contributed by atoms with Crippen molar-refractivity contribution in [2.24, 2.45) is 5.92 Å². The molecule has 2 atom stereocenters. The molecule has 128 valence electrons. The lowest BCUT2D eigenvalue weighted by molar-refractivity contribution is -0.130. The topological polar surface area (TPSA) is 58.2 Å². The van der Waals surface area contributed by atoms with Gasteiger partial charge in [0, 0.05) is 12.5 Å². The number of hydrogen-bond acceptors (Lipinski definition) is 2. The van der Waals surface area contributed by atoms with Crippen LogP contribution in [0.1, 0.15) is 35.8 Å². The first-order chi connectivity index (χ1) is 12.1. The van der Waals surface area contributed by atoms with E-state index in [4.69, 9.17) is 0 Å². The van der Waals surface area contributed by atoms with Gasteiger partial charge in [-0.15, -0.1) is 0 Å². The number of anilines is 1. The zero-order valence-corrected chi connectivity index (χ0v) is 13.7. The van der Waals surface area contributed by atoms with Gasteiger partial charge in [0.2, 0.25) is 11.8 Å². The van der Waals surface area contributed by atoms with Gasteiger partial charge in [-0.3, -0.25) is 9.59 Å². The Balaban J connectivity index is 1.54. The summed E-state index contributed by atoms with van der Waals surface area (Å²) in [6.45, 7) is 0.414. The van der Waals surface area contributed by atoms with Crippen molar-refractivity contribution in [3.63, 3.8) is 0 Å². The second-order valence-electron chi connectivity index (χ2n) is 6.74. The zero-order chi connectivity index (χ0) is 17.4. The standard InChI is InChI=1S/C20H19FN2O2/c21-16-3-1-2-4-17(16)23-20(25)18-15(11-22-19(18)24)14-9-7-13(8-10-14)12-5-6-12/h1-4,7-10,12,15,18H,5-6,11H2,(H,22,24)(H,23,25)/t15-,18-/m1/s1. The lowest BCUT2D eigenvalue weighted by Gasteiger charge is -2.17. The van der Waals surface area contributed by atoms with E-state index in [9.17, 15) is 14.0 Å². The normalized spacial score (nSPS) is 22.5. The first kappa shape index (κ1) is 15.8. The van der Waals surface area contributed by atoms with Crippen LogP contribution in [0.15, 0.2) is 48.5 Å². The van der Waals surface area contributed by atoms with Crippen molar-refractivity contribution in [2.45, 2.75) is 24.7 Å². The lowest BCUT2D eigenvalue weighted by Crippen LogP contribution is -2.32. The maximum absolute atomic E-state index is 13.8. The Hall–Kier alpha value is -2.69. The quantitative estimate of drug-likeness (QED) is 0.841. The minimum Gasteiger partial charge on any atom is -0.355 e. The Labute approximate surface area is 145 Å². The molecule has 25 heavy (non-hydrogen) atoms. The molecule has 2 amide bonds. The van der Waals surface area contributed by atoms with E-state index in [1.165, 1.54) is 30.5 Å². The minimum absolute atomic E-state index is 0.0926. The van der Waals surface area contributed by atoms with Gasteiger partial charge in [0.25, 0.3) is 0 Å². The predicted molar refractivity (Wildman–Crippen MR) is 92.7 cm³/mol. The maximum Gasteiger partial charge on any atom is 0.237 e. The van der Waals surface area contributed by atoms with Crippen LogP contribution in [0.4, 0.5) is 10.1 Å². The first-order valence-electron chi connectivity index (χ1n) is 8.56. The number of nitrogens with one attached hydrogen (secondary N) is 2. The van der Waals surface area contributed by atoms with E-state index in [-0.39, 0.29) is 17.5 Å². The molecule has 0 unspecified atom stereocenters. The molecule has 1 aliphatic carbocycles. The highest BCUT2D eigenvalue weighted by Gasteiger charge is 2.41. The van der Waals surface area contributed by atoms with Crippen LogP contribution in [0.25, 0.3) is 0 Å². The highest BCUT2D eigenvalue weighted by molar-refractivity contribution is 6.08. The molecule has 2 fully saturated rings. The number of carbonyl (C=O) groups is 2. The summed E-state index contributed by atoms with van der Waals surface area (Å²) in [5.74, 6) is -1.74. The number of carbonyl (C=O) groups excluding carboxylic acids is 2.